The molecular weight excluding hydrogens is 278 g/mol. The minimum atomic E-state index is -0.541. The van der Waals surface area contributed by atoms with E-state index in [1.54, 1.807) is 0 Å². The van der Waals surface area contributed by atoms with Crippen molar-refractivity contribution in [2.75, 3.05) is 6.61 Å². The minimum Gasteiger partial charge on any atom is -0.445 e. The number of hydrogen-bond donors (Lipinski definition) is 2. The maximum atomic E-state index is 11.9. The lowest BCUT2D eigenvalue weighted by atomic mass is 10.0. The Labute approximate surface area is 130 Å². The van der Waals surface area contributed by atoms with Crippen molar-refractivity contribution in [3.05, 3.63) is 70.8 Å². The molecule has 116 valence electrons. The molecule has 0 aliphatic heterocycles. The average Bonchev–Trinajstić information content (AvgIpc) is 2.54. The van der Waals surface area contributed by atoms with Crippen LogP contribution in [0.25, 0.3) is 0 Å². The number of aliphatic hydroxyl groups is 1. The van der Waals surface area contributed by atoms with E-state index < -0.39 is 12.1 Å². The summed E-state index contributed by atoms with van der Waals surface area (Å²) in [4.78, 5) is 11.9. The number of carbonyl (C=O) groups is 1. The maximum absolute atomic E-state index is 11.9. The predicted octanol–water partition coefficient (Wildman–Crippen LogP) is 3.26. The van der Waals surface area contributed by atoms with Crippen LogP contribution in [-0.4, -0.2) is 17.8 Å². The summed E-state index contributed by atoms with van der Waals surface area (Å²) < 4.78 is 5.17. The number of carbonyl (C=O) groups excluding carboxylic acids is 1. The molecule has 1 amide bonds. The summed E-state index contributed by atoms with van der Waals surface area (Å²) in [6.45, 7) is 4.05. The van der Waals surface area contributed by atoms with E-state index in [1.807, 2.05) is 62.4 Å². The van der Waals surface area contributed by atoms with Crippen LogP contribution in [-0.2, 0) is 11.3 Å². The van der Waals surface area contributed by atoms with E-state index in [-0.39, 0.29) is 13.2 Å². The number of aliphatic hydroxyl groups excluding tert-OH is 1. The van der Waals surface area contributed by atoms with Crippen LogP contribution in [0.5, 0.6) is 0 Å². The molecule has 0 heterocycles. The Balaban J connectivity index is 1.94. The number of rotatable bonds is 5. The van der Waals surface area contributed by atoms with Crippen molar-refractivity contribution in [3.63, 3.8) is 0 Å². The average molecular weight is 299 g/mol. The fraction of sp³-hybridized carbons (Fsp3) is 0.278. The standard InChI is InChI=1S/C18H21NO3/c1-13-8-9-16(10-14(13)2)17(11-20)19-18(21)22-12-15-6-4-3-5-7-15/h3-10,17,20H,11-12H2,1-2H3,(H,19,21)/t17-/m1/s1. The molecule has 0 aliphatic rings. The molecule has 2 N–H and O–H groups in total. The molecule has 0 fully saturated rings. The van der Waals surface area contributed by atoms with Gasteiger partial charge in [0.15, 0.2) is 0 Å². The van der Waals surface area contributed by atoms with Gasteiger partial charge in [-0.15, -0.1) is 0 Å². The van der Waals surface area contributed by atoms with Gasteiger partial charge in [0.25, 0.3) is 0 Å². The zero-order chi connectivity index (χ0) is 15.9. The number of amides is 1. The number of nitrogens with one attached hydrogen (secondary N) is 1. The molecule has 0 spiro atoms. The van der Waals surface area contributed by atoms with Gasteiger partial charge in [0.2, 0.25) is 0 Å². The number of hydrogen-bond acceptors (Lipinski definition) is 3. The molecule has 2 rings (SSSR count). The normalized spacial score (nSPS) is 11.8. The third-order valence-corrected chi connectivity index (χ3v) is 3.62. The summed E-state index contributed by atoms with van der Waals surface area (Å²) in [5, 5.41) is 12.2. The van der Waals surface area contributed by atoms with Crippen molar-refractivity contribution in [2.45, 2.75) is 26.5 Å². The fourth-order valence-corrected chi connectivity index (χ4v) is 2.12. The van der Waals surface area contributed by atoms with E-state index in [2.05, 4.69) is 5.32 Å². The molecule has 2 aromatic rings. The second kappa shape index (κ2) is 7.61. The smallest absolute Gasteiger partial charge is 0.408 e. The highest BCUT2D eigenvalue weighted by molar-refractivity contribution is 5.68. The van der Waals surface area contributed by atoms with Crippen molar-refractivity contribution in [1.82, 2.24) is 5.32 Å². The highest BCUT2D eigenvalue weighted by Gasteiger charge is 2.15. The summed E-state index contributed by atoms with van der Waals surface area (Å²) in [5.41, 5.74) is 4.08. The van der Waals surface area contributed by atoms with Crippen molar-refractivity contribution < 1.29 is 14.6 Å². The molecule has 0 unspecified atom stereocenters. The molecule has 0 saturated heterocycles. The second-order valence-corrected chi connectivity index (χ2v) is 5.28. The van der Waals surface area contributed by atoms with Crippen LogP contribution in [0.15, 0.2) is 48.5 Å². The Morgan fingerprint density at radius 1 is 1.14 bits per heavy atom. The second-order valence-electron chi connectivity index (χ2n) is 5.28. The summed E-state index contributed by atoms with van der Waals surface area (Å²) in [6.07, 6.45) is -0.541. The van der Waals surface area contributed by atoms with Crippen LogP contribution >= 0.6 is 0 Å². The van der Waals surface area contributed by atoms with Crippen LogP contribution < -0.4 is 5.32 Å². The van der Waals surface area contributed by atoms with Gasteiger partial charge in [-0.05, 0) is 36.1 Å². The molecule has 22 heavy (non-hydrogen) atoms. The van der Waals surface area contributed by atoms with Crippen LogP contribution in [0, 0.1) is 13.8 Å². The molecule has 4 heteroatoms. The van der Waals surface area contributed by atoms with Gasteiger partial charge in [-0.1, -0.05) is 48.5 Å². The number of ether oxygens (including phenoxy) is 1. The van der Waals surface area contributed by atoms with Crippen molar-refractivity contribution in [3.8, 4) is 0 Å². The summed E-state index contributed by atoms with van der Waals surface area (Å²) in [6, 6.07) is 14.8. The van der Waals surface area contributed by atoms with E-state index >= 15 is 0 Å². The van der Waals surface area contributed by atoms with E-state index in [0.717, 1.165) is 16.7 Å². The third kappa shape index (κ3) is 4.33. The van der Waals surface area contributed by atoms with Crippen LogP contribution in [0.2, 0.25) is 0 Å². The topological polar surface area (TPSA) is 58.6 Å². The Morgan fingerprint density at radius 2 is 1.86 bits per heavy atom. The third-order valence-electron chi connectivity index (χ3n) is 3.62. The van der Waals surface area contributed by atoms with Gasteiger partial charge in [-0.25, -0.2) is 4.79 Å². The first-order chi connectivity index (χ1) is 10.6. The molecule has 1 atom stereocenters. The zero-order valence-corrected chi connectivity index (χ0v) is 12.9. The van der Waals surface area contributed by atoms with Crippen LogP contribution in [0.4, 0.5) is 4.79 Å². The van der Waals surface area contributed by atoms with E-state index in [1.165, 1.54) is 5.56 Å². The van der Waals surface area contributed by atoms with E-state index in [9.17, 15) is 9.90 Å². The first-order valence-corrected chi connectivity index (χ1v) is 7.25. The molecule has 0 bridgehead atoms. The Kier molecular flexibility index (Phi) is 5.55. The minimum absolute atomic E-state index is 0.178. The van der Waals surface area contributed by atoms with Gasteiger partial charge in [0.1, 0.15) is 6.61 Å². The quantitative estimate of drug-likeness (QED) is 0.891. The van der Waals surface area contributed by atoms with Crippen LogP contribution in [0.1, 0.15) is 28.3 Å². The summed E-state index contributed by atoms with van der Waals surface area (Å²) in [5.74, 6) is 0. The maximum Gasteiger partial charge on any atom is 0.408 e. The summed E-state index contributed by atoms with van der Waals surface area (Å²) in [7, 11) is 0. The molecule has 2 aromatic carbocycles. The molecule has 4 nitrogen and oxygen atoms in total. The van der Waals surface area contributed by atoms with Gasteiger partial charge < -0.3 is 15.2 Å². The van der Waals surface area contributed by atoms with Gasteiger partial charge in [0.05, 0.1) is 12.6 Å². The lowest BCUT2D eigenvalue weighted by Crippen LogP contribution is -2.31. The van der Waals surface area contributed by atoms with Gasteiger partial charge in [-0.3, -0.25) is 0 Å². The largest absolute Gasteiger partial charge is 0.445 e. The van der Waals surface area contributed by atoms with Crippen molar-refractivity contribution >= 4 is 6.09 Å². The Bertz CT molecular complexity index is 625. The number of aryl methyl sites for hydroxylation is 2. The molecule has 0 aliphatic carbocycles. The Morgan fingerprint density at radius 3 is 2.50 bits per heavy atom. The summed E-state index contributed by atoms with van der Waals surface area (Å²) >= 11 is 0. The number of alkyl carbamates (subject to hydrolysis) is 1. The first-order valence-electron chi connectivity index (χ1n) is 7.25. The molecule has 0 saturated carbocycles. The van der Waals surface area contributed by atoms with Gasteiger partial charge in [-0.2, -0.15) is 0 Å². The highest BCUT2D eigenvalue weighted by atomic mass is 16.5. The SMILES string of the molecule is Cc1ccc([C@@H](CO)NC(=O)OCc2ccccc2)cc1C. The highest BCUT2D eigenvalue weighted by Crippen LogP contribution is 2.17. The van der Waals surface area contributed by atoms with E-state index in [4.69, 9.17) is 4.74 Å². The van der Waals surface area contributed by atoms with Crippen molar-refractivity contribution in [2.24, 2.45) is 0 Å². The van der Waals surface area contributed by atoms with Crippen LogP contribution in [0.3, 0.4) is 0 Å². The first kappa shape index (κ1) is 16.0. The fourth-order valence-electron chi connectivity index (χ4n) is 2.12. The predicted molar refractivity (Wildman–Crippen MR) is 85.5 cm³/mol. The molecule has 0 radical (unpaired) electrons. The molecule has 0 aromatic heterocycles. The monoisotopic (exact) mass is 299 g/mol. The van der Waals surface area contributed by atoms with Crippen molar-refractivity contribution in [1.29, 1.82) is 0 Å². The van der Waals surface area contributed by atoms with Gasteiger partial charge >= 0.3 is 6.09 Å². The van der Waals surface area contributed by atoms with E-state index in [0.29, 0.717) is 0 Å². The van der Waals surface area contributed by atoms with Gasteiger partial charge in [0, 0.05) is 0 Å². The number of benzene rings is 2. The lowest BCUT2D eigenvalue weighted by molar-refractivity contribution is 0.129. The Hall–Kier alpha value is -2.33. The molecular formula is C18H21NO3. The lowest BCUT2D eigenvalue weighted by Gasteiger charge is -2.17. The zero-order valence-electron chi connectivity index (χ0n) is 12.9.